The number of rotatable bonds is 5. The van der Waals surface area contributed by atoms with Gasteiger partial charge in [0, 0.05) is 41.8 Å². The van der Waals surface area contributed by atoms with Gasteiger partial charge in [-0.05, 0) is 54.4 Å². The molecule has 5 heteroatoms. The summed E-state index contributed by atoms with van der Waals surface area (Å²) in [6.07, 6.45) is 2.50. The number of benzene rings is 2. The summed E-state index contributed by atoms with van der Waals surface area (Å²) in [5.41, 5.74) is 11.1. The zero-order chi connectivity index (χ0) is 18.7. The molecule has 4 nitrogen and oxygen atoms in total. The molecule has 138 valence electrons. The molecule has 0 spiro atoms. The highest BCUT2D eigenvalue weighted by Crippen LogP contribution is 2.38. The third-order valence-corrected chi connectivity index (χ3v) is 5.24. The number of hydrogen-bond donors (Lipinski definition) is 2. The van der Waals surface area contributed by atoms with Crippen LogP contribution in [0, 0.1) is 0 Å². The summed E-state index contributed by atoms with van der Waals surface area (Å²) in [4.78, 5) is 14.2. The molecule has 1 amide bonds. The number of halogens is 1. The Bertz CT molecular complexity index is 789. The highest BCUT2D eigenvalue weighted by atomic mass is 35.5. The fraction of sp³-hybridized carbons (Fsp3) is 0.381. The predicted octanol–water partition coefficient (Wildman–Crippen LogP) is 4.63. The van der Waals surface area contributed by atoms with E-state index in [0.29, 0.717) is 12.1 Å². The quantitative estimate of drug-likeness (QED) is 0.753. The lowest BCUT2D eigenvalue weighted by molar-refractivity contribution is -0.116. The van der Waals surface area contributed by atoms with Crippen molar-refractivity contribution in [1.82, 2.24) is 4.90 Å². The van der Waals surface area contributed by atoms with Crippen LogP contribution in [0.15, 0.2) is 36.4 Å². The zero-order valence-corrected chi connectivity index (χ0v) is 16.1. The molecule has 2 aromatic rings. The lowest BCUT2D eigenvalue weighted by Gasteiger charge is -2.33. The second-order valence-corrected chi connectivity index (χ2v) is 7.50. The second kappa shape index (κ2) is 8.11. The van der Waals surface area contributed by atoms with Crippen molar-refractivity contribution >= 4 is 28.9 Å². The van der Waals surface area contributed by atoms with Gasteiger partial charge in [-0.25, -0.2) is 0 Å². The fourth-order valence-electron chi connectivity index (χ4n) is 3.55. The highest BCUT2D eigenvalue weighted by Gasteiger charge is 2.26. The first kappa shape index (κ1) is 18.7. The maximum Gasteiger partial charge on any atom is 0.224 e. The van der Waals surface area contributed by atoms with Crippen molar-refractivity contribution in [2.75, 3.05) is 24.6 Å². The fourth-order valence-corrected chi connectivity index (χ4v) is 3.84. The van der Waals surface area contributed by atoms with Crippen LogP contribution in [0.2, 0.25) is 5.02 Å². The standard InChI is InChI=1S/C21H26ClN3O/c1-3-4-5-21(26)24-16-8-6-14(7-9-16)18-12-25(2)13-19-17(18)10-15(23)11-20(19)22/h6-11,18H,3-5,12-13,23H2,1-2H3,(H,24,26). The van der Waals surface area contributed by atoms with Crippen molar-refractivity contribution in [3.63, 3.8) is 0 Å². The van der Waals surface area contributed by atoms with Gasteiger partial charge in [0.15, 0.2) is 0 Å². The molecule has 1 heterocycles. The molecule has 0 fully saturated rings. The molecular weight excluding hydrogens is 346 g/mol. The smallest absolute Gasteiger partial charge is 0.224 e. The van der Waals surface area contributed by atoms with Crippen LogP contribution in [0.1, 0.15) is 48.8 Å². The van der Waals surface area contributed by atoms with Crippen LogP contribution in [0.5, 0.6) is 0 Å². The molecule has 26 heavy (non-hydrogen) atoms. The first-order valence-electron chi connectivity index (χ1n) is 9.14. The van der Waals surface area contributed by atoms with Crippen LogP contribution >= 0.6 is 11.6 Å². The van der Waals surface area contributed by atoms with Gasteiger partial charge in [-0.15, -0.1) is 0 Å². The van der Waals surface area contributed by atoms with Crippen molar-refractivity contribution in [2.45, 2.75) is 38.6 Å². The molecule has 0 saturated carbocycles. The summed E-state index contributed by atoms with van der Waals surface area (Å²) in [5.74, 6) is 0.288. The number of nitrogens with one attached hydrogen (secondary N) is 1. The van der Waals surface area contributed by atoms with E-state index in [2.05, 4.69) is 36.3 Å². The monoisotopic (exact) mass is 371 g/mol. The topological polar surface area (TPSA) is 58.4 Å². The third-order valence-electron chi connectivity index (χ3n) is 4.90. The van der Waals surface area contributed by atoms with Gasteiger partial charge >= 0.3 is 0 Å². The van der Waals surface area contributed by atoms with Gasteiger partial charge in [-0.2, -0.15) is 0 Å². The summed E-state index contributed by atoms with van der Waals surface area (Å²) in [7, 11) is 2.10. The maximum absolute atomic E-state index is 11.9. The maximum atomic E-state index is 11.9. The molecule has 1 unspecified atom stereocenters. The van der Waals surface area contributed by atoms with Crippen LogP contribution in [0.25, 0.3) is 0 Å². The molecule has 3 rings (SSSR count). The van der Waals surface area contributed by atoms with Crippen molar-refractivity contribution in [1.29, 1.82) is 0 Å². The largest absolute Gasteiger partial charge is 0.399 e. The molecule has 2 aromatic carbocycles. The zero-order valence-electron chi connectivity index (χ0n) is 15.4. The van der Waals surface area contributed by atoms with Gasteiger partial charge in [-0.3, -0.25) is 4.79 Å². The van der Waals surface area contributed by atoms with Gasteiger partial charge in [0.1, 0.15) is 0 Å². The molecule has 0 saturated heterocycles. The van der Waals surface area contributed by atoms with Gasteiger partial charge in [0.2, 0.25) is 5.91 Å². The first-order valence-corrected chi connectivity index (χ1v) is 9.52. The highest BCUT2D eigenvalue weighted by molar-refractivity contribution is 6.31. The number of nitrogen functional groups attached to an aromatic ring is 1. The summed E-state index contributed by atoms with van der Waals surface area (Å²) >= 11 is 6.44. The molecule has 1 aliphatic rings. The SMILES string of the molecule is CCCCC(=O)Nc1ccc(C2CN(C)Cc3c(Cl)cc(N)cc32)cc1. The number of anilines is 2. The number of likely N-dealkylation sites (N-methyl/N-ethyl adjacent to an activating group) is 1. The Morgan fingerprint density at radius 2 is 2.04 bits per heavy atom. The minimum atomic E-state index is 0.0712. The van der Waals surface area contributed by atoms with Crippen LogP contribution in [-0.4, -0.2) is 24.4 Å². The van der Waals surface area contributed by atoms with E-state index < -0.39 is 0 Å². The Morgan fingerprint density at radius 1 is 1.31 bits per heavy atom. The Labute approximate surface area is 160 Å². The normalized spacial score (nSPS) is 17.0. The first-order chi connectivity index (χ1) is 12.5. The molecule has 0 aliphatic carbocycles. The van der Waals surface area contributed by atoms with E-state index >= 15 is 0 Å². The summed E-state index contributed by atoms with van der Waals surface area (Å²) in [5, 5.41) is 3.70. The Kier molecular flexibility index (Phi) is 5.84. The second-order valence-electron chi connectivity index (χ2n) is 7.09. The molecule has 0 bridgehead atoms. The minimum absolute atomic E-state index is 0.0712. The number of hydrogen-bond acceptors (Lipinski definition) is 3. The molecule has 3 N–H and O–H groups in total. The lowest BCUT2D eigenvalue weighted by atomic mass is 9.84. The molecule has 1 atom stereocenters. The van der Waals surface area contributed by atoms with E-state index in [1.54, 1.807) is 0 Å². The molecule has 1 aliphatic heterocycles. The van der Waals surface area contributed by atoms with E-state index in [4.69, 9.17) is 17.3 Å². The van der Waals surface area contributed by atoms with Crippen LogP contribution < -0.4 is 11.1 Å². The van der Waals surface area contributed by atoms with Crippen LogP contribution in [0.4, 0.5) is 11.4 Å². The number of unbranched alkanes of at least 4 members (excludes halogenated alkanes) is 1. The number of carbonyl (C=O) groups is 1. The van der Waals surface area contributed by atoms with Crippen LogP contribution in [0.3, 0.4) is 0 Å². The summed E-state index contributed by atoms with van der Waals surface area (Å²) < 4.78 is 0. The Morgan fingerprint density at radius 3 is 2.73 bits per heavy atom. The summed E-state index contributed by atoms with van der Waals surface area (Å²) in [6, 6.07) is 12.0. The van der Waals surface area contributed by atoms with Crippen LogP contribution in [-0.2, 0) is 11.3 Å². The van der Waals surface area contributed by atoms with Gasteiger partial charge < -0.3 is 16.0 Å². The number of nitrogens with zero attached hydrogens (tertiary/aromatic N) is 1. The third kappa shape index (κ3) is 4.19. The number of nitrogens with two attached hydrogens (primary N) is 1. The molecule has 0 radical (unpaired) electrons. The van der Waals surface area contributed by atoms with Gasteiger partial charge in [0.05, 0.1) is 0 Å². The number of amides is 1. The average Bonchev–Trinajstić information content (AvgIpc) is 2.61. The van der Waals surface area contributed by atoms with E-state index in [1.807, 2.05) is 24.3 Å². The predicted molar refractivity (Wildman–Crippen MR) is 109 cm³/mol. The van der Waals surface area contributed by atoms with E-state index in [1.165, 1.54) is 11.1 Å². The Balaban J connectivity index is 1.83. The molecule has 0 aromatic heterocycles. The van der Waals surface area contributed by atoms with Gasteiger partial charge in [-0.1, -0.05) is 37.1 Å². The average molecular weight is 372 g/mol. The van der Waals surface area contributed by atoms with Crippen molar-refractivity contribution in [2.24, 2.45) is 0 Å². The van der Waals surface area contributed by atoms with E-state index in [9.17, 15) is 4.79 Å². The summed E-state index contributed by atoms with van der Waals surface area (Å²) in [6.45, 7) is 3.83. The minimum Gasteiger partial charge on any atom is -0.399 e. The lowest BCUT2D eigenvalue weighted by Crippen LogP contribution is -2.31. The number of fused-ring (bicyclic) bond motifs is 1. The van der Waals surface area contributed by atoms with E-state index in [-0.39, 0.29) is 11.8 Å². The van der Waals surface area contributed by atoms with Crippen molar-refractivity contribution in [3.8, 4) is 0 Å². The van der Waals surface area contributed by atoms with Gasteiger partial charge in [0.25, 0.3) is 0 Å². The van der Waals surface area contributed by atoms with E-state index in [0.717, 1.165) is 42.2 Å². The Hall–Kier alpha value is -2.04. The number of carbonyl (C=O) groups excluding carboxylic acids is 1. The molecular formula is C21H26ClN3O. The van der Waals surface area contributed by atoms with Crippen molar-refractivity contribution < 1.29 is 4.79 Å². The van der Waals surface area contributed by atoms with Crippen molar-refractivity contribution in [3.05, 3.63) is 58.1 Å².